The highest BCUT2D eigenvalue weighted by molar-refractivity contribution is 5.79. The lowest BCUT2D eigenvalue weighted by Crippen LogP contribution is -2.15. The van der Waals surface area contributed by atoms with Gasteiger partial charge in [0, 0.05) is 12.1 Å². The summed E-state index contributed by atoms with van der Waals surface area (Å²) in [6.07, 6.45) is 1.07. The van der Waals surface area contributed by atoms with E-state index in [2.05, 4.69) is 25.8 Å². The molecule has 2 aromatic rings. The Hall–Kier alpha value is -1.58. The lowest BCUT2D eigenvalue weighted by atomic mass is 10.0. The van der Waals surface area contributed by atoms with Crippen molar-refractivity contribution in [3.8, 4) is 0 Å². The standard InChI is InChI=1S/C14H20FN3/c1-5-8(2)10(4)18-13-6-9(3)11(15)7-12(13)17-14(18)16/h6-8,10H,5H2,1-4H3,(H2,16,17). The van der Waals surface area contributed by atoms with Crippen LogP contribution in [0.4, 0.5) is 10.3 Å². The number of fused-ring (bicyclic) bond motifs is 1. The fraction of sp³-hybridized carbons (Fsp3) is 0.500. The average Bonchev–Trinajstić information content (AvgIpc) is 2.63. The maximum Gasteiger partial charge on any atom is 0.201 e. The van der Waals surface area contributed by atoms with E-state index in [-0.39, 0.29) is 11.9 Å². The van der Waals surface area contributed by atoms with Gasteiger partial charge in [0.2, 0.25) is 5.95 Å². The molecule has 0 saturated heterocycles. The summed E-state index contributed by atoms with van der Waals surface area (Å²) in [6, 6.07) is 3.54. The third-order valence-corrected chi connectivity index (χ3v) is 3.87. The van der Waals surface area contributed by atoms with Crippen molar-refractivity contribution < 1.29 is 4.39 Å². The second-order valence-corrected chi connectivity index (χ2v) is 5.06. The van der Waals surface area contributed by atoms with Crippen molar-refractivity contribution in [2.75, 3.05) is 5.73 Å². The summed E-state index contributed by atoms with van der Waals surface area (Å²) in [5.74, 6) is 0.723. The minimum Gasteiger partial charge on any atom is -0.369 e. The Morgan fingerprint density at radius 2 is 2.06 bits per heavy atom. The second kappa shape index (κ2) is 4.59. The molecule has 2 rings (SSSR count). The van der Waals surface area contributed by atoms with E-state index in [1.54, 1.807) is 6.92 Å². The second-order valence-electron chi connectivity index (χ2n) is 5.06. The number of nitrogens with zero attached hydrogens (tertiary/aromatic N) is 2. The highest BCUT2D eigenvalue weighted by atomic mass is 19.1. The molecule has 4 heteroatoms. The highest BCUT2D eigenvalue weighted by Crippen LogP contribution is 2.29. The summed E-state index contributed by atoms with van der Waals surface area (Å²) >= 11 is 0. The van der Waals surface area contributed by atoms with Gasteiger partial charge in [-0.3, -0.25) is 0 Å². The Bertz CT molecular complexity index is 574. The van der Waals surface area contributed by atoms with Gasteiger partial charge in [-0.15, -0.1) is 0 Å². The number of rotatable bonds is 3. The SMILES string of the molecule is CCC(C)C(C)n1c(N)nc2cc(F)c(C)cc21. The maximum atomic E-state index is 13.5. The lowest BCUT2D eigenvalue weighted by molar-refractivity contribution is 0.381. The van der Waals surface area contributed by atoms with Gasteiger partial charge in [-0.2, -0.15) is 0 Å². The number of hydrogen-bond donors (Lipinski definition) is 1. The minimum atomic E-state index is -0.233. The van der Waals surface area contributed by atoms with Crippen molar-refractivity contribution in [1.29, 1.82) is 0 Å². The molecule has 2 atom stereocenters. The van der Waals surface area contributed by atoms with E-state index in [1.165, 1.54) is 6.07 Å². The number of nitrogen functional groups attached to an aromatic ring is 1. The van der Waals surface area contributed by atoms with E-state index in [4.69, 9.17) is 5.73 Å². The molecule has 0 aliphatic rings. The van der Waals surface area contributed by atoms with E-state index >= 15 is 0 Å². The highest BCUT2D eigenvalue weighted by Gasteiger charge is 2.19. The first-order valence-electron chi connectivity index (χ1n) is 6.39. The Labute approximate surface area is 107 Å². The summed E-state index contributed by atoms with van der Waals surface area (Å²) in [4.78, 5) is 4.25. The molecule has 18 heavy (non-hydrogen) atoms. The lowest BCUT2D eigenvalue weighted by Gasteiger charge is -2.22. The molecule has 0 saturated carbocycles. The van der Waals surface area contributed by atoms with Crippen LogP contribution in [0.1, 0.15) is 38.8 Å². The molecule has 1 heterocycles. The first-order chi connectivity index (χ1) is 8.45. The van der Waals surface area contributed by atoms with Crippen molar-refractivity contribution in [3.05, 3.63) is 23.5 Å². The number of nitrogens with two attached hydrogens (primary N) is 1. The zero-order chi connectivity index (χ0) is 13.4. The Kier molecular flexibility index (Phi) is 3.28. The normalized spacial score (nSPS) is 14.9. The number of aryl methyl sites for hydroxylation is 1. The van der Waals surface area contributed by atoms with Crippen molar-refractivity contribution in [3.63, 3.8) is 0 Å². The molecule has 0 aliphatic heterocycles. The number of hydrogen-bond acceptors (Lipinski definition) is 2. The van der Waals surface area contributed by atoms with Crippen LogP contribution in [-0.4, -0.2) is 9.55 Å². The van der Waals surface area contributed by atoms with Gasteiger partial charge in [-0.25, -0.2) is 9.37 Å². The molecule has 0 spiro atoms. The topological polar surface area (TPSA) is 43.8 Å². The predicted octanol–water partition coefficient (Wildman–Crippen LogP) is 3.67. The van der Waals surface area contributed by atoms with Gasteiger partial charge in [0.25, 0.3) is 0 Å². The average molecular weight is 249 g/mol. The molecule has 0 bridgehead atoms. The fourth-order valence-electron chi connectivity index (χ4n) is 2.26. The van der Waals surface area contributed by atoms with Crippen LogP contribution >= 0.6 is 0 Å². The van der Waals surface area contributed by atoms with Gasteiger partial charge in [-0.1, -0.05) is 20.3 Å². The number of halogens is 1. The molecule has 2 N–H and O–H groups in total. The van der Waals surface area contributed by atoms with Crippen LogP contribution in [0, 0.1) is 18.7 Å². The van der Waals surface area contributed by atoms with Crippen LogP contribution in [0.5, 0.6) is 0 Å². The number of benzene rings is 1. The van der Waals surface area contributed by atoms with Crippen LogP contribution in [-0.2, 0) is 0 Å². The molecular weight excluding hydrogens is 229 g/mol. The molecule has 0 aliphatic carbocycles. The molecule has 0 radical (unpaired) electrons. The molecule has 0 fully saturated rings. The molecular formula is C14H20FN3. The van der Waals surface area contributed by atoms with E-state index < -0.39 is 0 Å². The Morgan fingerprint density at radius 1 is 1.39 bits per heavy atom. The first-order valence-corrected chi connectivity index (χ1v) is 6.39. The van der Waals surface area contributed by atoms with Crippen LogP contribution in [0.3, 0.4) is 0 Å². The van der Waals surface area contributed by atoms with E-state index in [1.807, 2.05) is 10.6 Å². The monoisotopic (exact) mass is 249 g/mol. The molecule has 98 valence electrons. The van der Waals surface area contributed by atoms with Gasteiger partial charge < -0.3 is 10.3 Å². The van der Waals surface area contributed by atoms with Crippen LogP contribution in [0.15, 0.2) is 12.1 Å². The predicted molar refractivity (Wildman–Crippen MR) is 73.0 cm³/mol. The van der Waals surface area contributed by atoms with Gasteiger partial charge in [-0.05, 0) is 31.4 Å². The van der Waals surface area contributed by atoms with Crippen molar-refractivity contribution in [2.24, 2.45) is 5.92 Å². The zero-order valence-electron chi connectivity index (χ0n) is 11.4. The number of anilines is 1. The number of imidazole rings is 1. The summed E-state index contributed by atoms with van der Waals surface area (Å²) in [5, 5.41) is 0. The summed E-state index contributed by atoms with van der Waals surface area (Å²) < 4.78 is 15.5. The number of aromatic nitrogens is 2. The Balaban J connectivity index is 2.63. The van der Waals surface area contributed by atoms with E-state index in [9.17, 15) is 4.39 Å². The quantitative estimate of drug-likeness (QED) is 0.901. The van der Waals surface area contributed by atoms with Gasteiger partial charge >= 0.3 is 0 Å². The van der Waals surface area contributed by atoms with Gasteiger partial charge in [0.1, 0.15) is 5.82 Å². The van der Waals surface area contributed by atoms with Crippen molar-refractivity contribution in [1.82, 2.24) is 9.55 Å². The van der Waals surface area contributed by atoms with E-state index in [0.29, 0.717) is 22.9 Å². The molecule has 0 amide bonds. The van der Waals surface area contributed by atoms with Crippen LogP contribution < -0.4 is 5.73 Å². The largest absolute Gasteiger partial charge is 0.369 e. The zero-order valence-corrected chi connectivity index (χ0v) is 11.4. The molecule has 1 aromatic carbocycles. The van der Waals surface area contributed by atoms with Crippen LogP contribution in [0.25, 0.3) is 11.0 Å². The van der Waals surface area contributed by atoms with Gasteiger partial charge in [0.05, 0.1) is 11.0 Å². The van der Waals surface area contributed by atoms with E-state index in [0.717, 1.165) is 11.9 Å². The first kappa shape index (κ1) is 12.9. The maximum absolute atomic E-state index is 13.5. The third-order valence-electron chi connectivity index (χ3n) is 3.87. The summed E-state index contributed by atoms with van der Waals surface area (Å²) in [5.41, 5.74) is 8.15. The Morgan fingerprint density at radius 3 is 2.67 bits per heavy atom. The summed E-state index contributed by atoms with van der Waals surface area (Å²) in [6.45, 7) is 8.23. The molecule has 1 aromatic heterocycles. The van der Waals surface area contributed by atoms with Gasteiger partial charge in [0.15, 0.2) is 0 Å². The van der Waals surface area contributed by atoms with Crippen LogP contribution in [0.2, 0.25) is 0 Å². The smallest absolute Gasteiger partial charge is 0.201 e. The third kappa shape index (κ3) is 1.96. The van der Waals surface area contributed by atoms with Crippen molar-refractivity contribution >= 4 is 17.0 Å². The molecule has 3 nitrogen and oxygen atoms in total. The fourth-order valence-corrected chi connectivity index (χ4v) is 2.26. The molecule has 2 unspecified atom stereocenters. The minimum absolute atomic E-state index is 0.233. The van der Waals surface area contributed by atoms with Crippen molar-refractivity contribution in [2.45, 2.75) is 40.2 Å². The summed E-state index contributed by atoms with van der Waals surface area (Å²) in [7, 11) is 0.